The summed E-state index contributed by atoms with van der Waals surface area (Å²) < 4.78 is 31.9. The van der Waals surface area contributed by atoms with Gasteiger partial charge in [0, 0.05) is 5.69 Å². The van der Waals surface area contributed by atoms with E-state index in [1.54, 1.807) is 24.3 Å². The van der Waals surface area contributed by atoms with E-state index < -0.39 is 0 Å². The van der Waals surface area contributed by atoms with Crippen LogP contribution in [0.25, 0.3) is 0 Å². The first-order chi connectivity index (χ1) is 9.11. The third kappa shape index (κ3) is 3.02. The number of benzene rings is 2. The molecule has 2 aromatic rings. The van der Waals surface area contributed by atoms with Gasteiger partial charge in [-0.2, -0.15) is 0 Å². The van der Waals surface area contributed by atoms with E-state index in [9.17, 15) is 8.78 Å². The van der Waals surface area contributed by atoms with E-state index in [0.29, 0.717) is 11.3 Å². The largest absolute Gasteiger partial charge is 0.496 e. The molecule has 0 radical (unpaired) electrons. The Morgan fingerprint density at radius 3 is 2.37 bits per heavy atom. The third-order valence-electron chi connectivity index (χ3n) is 2.89. The molecule has 0 bridgehead atoms. The summed E-state index contributed by atoms with van der Waals surface area (Å²) >= 11 is 0. The predicted molar refractivity (Wildman–Crippen MR) is 71.4 cm³/mol. The number of halogens is 2. The summed E-state index contributed by atoms with van der Waals surface area (Å²) in [6.07, 6.45) is 0. The van der Waals surface area contributed by atoms with E-state index >= 15 is 0 Å². The minimum atomic E-state index is -0.332. The number of anilines is 1. The van der Waals surface area contributed by atoms with Gasteiger partial charge in [-0.1, -0.05) is 6.07 Å². The van der Waals surface area contributed by atoms with Crippen molar-refractivity contribution >= 4 is 5.69 Å². The Labute approximate surface area is 111 Å². The summed E-state index contributed by atoms with van der Waals surface area (Å²) in [5.74, 6) is -0.148. The Morgan fingerprint density at radius 1 is 1.05 bits per heavy atom. The summed E-state index contributed by atoms with van der Waals surface area (Å²) in [6.45, 7) is 1.82. The molecule has 0 saturated carbocycles. The van der Waals surface area contributed by atoms with Gasteiger partial charge < -0.3 is 10.1 Å². The van der Waals surface area contributed by atoms with Gasteiger partial charge in [0.2, 0.25) is 0 Å². The molecule has 0 aliphatic heterocycles. The first-order valence-corrected chi connectivity index (χ1v) is 5.96. The molecule has 0 saturated heterocycles. The van der Waals surface area contributed by atoms with Crippen molar-refractivity contribution in [3.63, 3.8) is 0 Å². The number of nitrogens with one attached hydrogen (secondary N) is 1. The summed E-state index contributed by atoms with van der Waals surface area (Å²) in [7, 11) is 1.50. The lowest BCUT2D eigenvalue weighted by molar-refractivity contribution is 0.402. The van der Waals surface area contributed by atoms with Crippen LogP contribution in [0.15, 0.2) is 42.5 Å². The molecule has 0 heterocycles. The maximum atomic E-state index is 13.9. The van der Waals surface area contributed by atoms with Crippen molar-refractivity contribution in [2.45, 2.75) is 13.0 Å². The molecule has 0 aliphatic rings. The fraction of sp³-hybridized carbons (Fsp3) is 0.200. The van der Waals surface area contributed by atoms with E-state index in [4.69, 9.17) is 4.74 Å². The zero-order valence-electron chi connectivity index (χ0n) is 10.8. The molecule has 100 valence electrons. The molecule has 1 unspecified atom stereocenters. The summed E-state index contributed by atoms with van der Waals surface area (Å²) in [5.41, 5.74) is 1.17. The van der Waals surface area contributed by atoms with E-state index in [-0.39, 0.29) is 17.7 Å². The van der Waals surface area contributed by atoms with Crippen LogP contribution < -0.4 is 10.1 Å². The van der Waals surface area contributed by atoms with Gasteiger partial charge in [-0.25, -0.2) is 8.78 Å². The van der Waals surface area contributed by atoms with Crippen molar-refractivity contribution in [1.29, 1.82) is 0 Å². The second-order valence-electron chi connectivity index (χ2n) is 4.23. The molecule has 2 nitrogen and oxygen atoms in total. The highest BCUT2D eigenvalue weighted by atomic mass is 19.1. The van der Waals surface area contributed by atoms with Crippen molar-refractivity contribution in [2.24, 2.45) is 0 Å². The molecule has 1 atom stereocenters. The lowest BCUT2D eigenvalue weighted by Crippen LogP contribution is -2.10. The van der Waals surface area contributed by atoms with Crippen molar-refractivity contribution in [3.05, 3.63) is 59.7 Å². The van der Waals surface area contributed by atoms with Crippen molar-refractivity contribution in [2.75, 3.05) is 12.4 Å². The summed E-state index contributed by atoms with van der Waals surface area (Å²) in [6, 6.07) is 10.3. The predicted octanol–water partition coefficient (Wildman–Crippen LogP) is 4.15. The molecule has 0 amide bonds. The molecule has 4 heteroatoms. The first-order valence-electron chi connectivity index (χ1n) is 5.96. The zero-order chi connectivity index (χ0) is 13.8. The SMILES string of the molecule is COc1cccc(F)c1C(C)Nc1ccc(F)cc1. The maximum absolute atomic E-state index is 13.9. The molecule has 19 heavy (non-hydrogen) atoms. The maximum Gasteiger partial charge on any atom is 0.132 e. The monoisotopic (exact) mass is 263 g/mol. The summed E-state index contributed by atoms with van der Waals surface area (Å²) in [5, 5.41) is 3.11. The van der Waals surface area contributed by atoms with Crippen LogP contribution in [0.2, 0.25) is 0 Å². The average Bonchev–Trinajstić information content (AvgIpc) is 2.40. The van der Waals surface area contributed by atoms with Gasteiger partial charge in [-0.05, 0) is 43.3 Å². The van der Waals surface area contributed by atoms with Crippen LogP contribution >= 0.6 is 0 Å². The Balaban J connectivity index is 2.24. The molecule has 2 aromatic carbocycles. The van der Waals surface area contributed by atoms with Gasteiger partial charge in [0.25, 0.3) is 0 Å². The minimum absolute atomic E-state index is 0.290. The van der Waals surface area contributed by atoms with Gasteiger partial charge in [0.15, 0.2) is 0 Å². The van der Waals surface area contributed by atoms with Crippen molar-refractivity contribution in [3.8, 4) is 5.75 Å². The van der Waals surface area contributed by atoms with Crippen LogP contribution in [0.3, 0.4) is 0 Å². The Bertz CT molecular complexity index is 555. The highest BCUT2D eigenvalue weighted by Gasteiger charge is 2.16. The second kappa shape index (κ2) is 5.69. The van der Waals surface area contributed by atoms with Crippen molar-refractivity contribution in [1.82, 2.24) is 0 Å². The fourth-order valence-corrected chi connectivity index (χ4v) is 1.98. The first kappa shape index (κ1) is 13.3. The molecule has 0 fully saturated rings. The van der Waals surface area contributed by atoms with E-state index in [2.05, 4.69) is 5.32 Å². The van der Waals surface area contributed by atoms with Crippen LogP contribution in [-0.4, -0.2) is 7.11 Å². The lowest BCUT2D eigenvalue weighted by Gasteiger charge is -2.19. The number of hydrogen-bond donors (Lipinski definition) is 1. The zero-order valence-corrected chi connectivity index (χ0v) is 10.8. The number of hydrogen-bond acceptors (Lipinski definition) is 2. The van der Waals surface area contributed by atoms with Crippen molar-refractivity contribution < 1.29 is 13.5 Å². The van der Waals surface area contributed by atoms with Crippen LogP contribution in [0.4, 0.5) is 14.5 Å². The minimum Gasteiger partial charge on any atom is -0.496 e. The number of ether oxygens (including phenoxy) is 1. The van der Waals surface area contributed by atoms with Gasteiger partial charge in [-0.15, -0.1) is 0 Å². The Kier molecular flexibility index (Phi) is 4.00. The third-order valence-corrected chi connectivity index (χ3v) is 2.89. The van der Waals surface area contributed by atoms with Gasteiger partial charge in [-0.3, -0.25) is 0 Å². The molecule has 0 aliphatic carbocycles. The van der Waals surface area contributed by atoms with E-state index in [1.165, 1.54) is 25.3 Å². The Hall–Kier alpha value is -2.10. The van der Waals surface area contributed by atoms with Crippen LogP contribution in [0.1, 0.15) is 18.5 Å². The second-order valence-corrected chi connectivity index (χ2v) is 4.23. The molecule has 0 aromatic heterocycles. The molecule has 1 N–H and O–H groups in total. The van der Waals surface area contributed by atoms with Gasteiger partial charge in [0.05, 0.1) is 18.7 Å². The topological polar surface area (TPSA) is 21.3 Å². The number of methoxy groups -OCH3 is 1. The van der Waals surface area contributed by atoms with Crippen LogP contribution in [0, 0.1) is 11.6 Å². The van der Waals surface area contributed by atoms with E-state index in [0.717, 1.165) is 5.69 Å². The van der Waals surface area contributed by atoms with Crippen LogP contribution in [-0.2, 0) is 0 Å². The standard InChI is InChI=1S/C15H15F2NO/c1-10(18-12-8-6-11(16)7-9-12)15-13(17)4-3-5-14(15)19-2/h3-10,18H,1-2H3. The van der Waals surface area contributed by atoms with E-state index in [1.807, 2.05) is 6.92 Å². The normalized spacial score (nSPS) is 12.0. The molecule has 2 rings (SSSR count). The van der Waals surface area contributed by atoms with Gasteiger partial charge >= 0.3 is 0 Å². The Morgan fingerprint density at radius 2 is 1.74 bits per heavy atom. The highest BCUT2D eigenvalue weighted by molar-refractivity contribution is 5.48. The molecular weight excluding hydrogens is 248 g/mol. The molecular formula is C15H15F2NO. The lowest BCUT2D eigenvalue weighted by atomic mass is 10.1. The highest BCUT2D eigenvalue weighted by Crippen LogP contribution is 2.30. The smallest absolute Gasteiger partial charge is 0.132 e. The van der Waals surface area contributed by atoms with Gasteiger partial charge in [0.1, 0.15) is 17.4 Å². The average molecular weight is 263 g/mol. The quantitative estimate of drug-likeness (QED) is 0.894. The number of rotatable bonds is 4. The fourth-order valence-electron chi connectivity index (χ4n) is 1.98. The summed E-state index contributed by atoms with van der Waals surface area (Å²) in [4.78, 5) is 0. The van der Waals surface area contributed by atoms with Crippen LogP contribution in [0.5, 0.6) is 5.75 Å². The molecule has 0 spiro atoms.